The number of H-pyrrole nitrogens is 1. The smallest absolute Gasteiger partial charge is 0.145 e. The number of hydrogen-bond donors (Lipinski definition) is 1. The van der Waals surface area contributed by atoms with Crippen molar-refractivity contribution in [3.8, 4) is 5.75 Å². The Morgan fingerprint density at radius 1 is 1.12 bits per heavy atom. The van der Waals surface area contributed by atoms with Gasteiger partial charge >= 0.3 is 0 Å². The van der Waals surface area contributed by atoms with Crippen molar-refractivity contribution in [3.05, 3.63) is 52.9 Å². The molecule has 2 nitrogen and oxygen atoms in total. The number of ether oxygens (including phenoxy) is 1. The Hall–Kier alpha value is -1.74. The van der Waals surface area contributed by atoms with Crippen molar-refractivity contribution in [1.82, 2.24) is 4.98 Å². The van der Waals surface area contributed by atoms with Crippen LogP contribution in [0.15, 0.2) is 48.0 Å². The maximum atomic E-state index is 5.78. The fourth-order valence-corrected chi connectivity index (χ4v) is 2.32. The van der Waals surface area contributed by atoms with Crippen molar-refractivity contribution < 1.29 is 4.74 Å². The normalized spacial score (nSPS) is 10.8. The molecule has 3 heteroatoms. The first-order valence-corrected chi connectivity index (χ1v) is 6.03. The highest BCUT2D eigenvalue weighted by Gasteiger charge is 2.03. The number of thiophene rings is 1. The summed E-state index contributed by atoms with van der Waals surface area (Å²) < 4.78 is 5.78. The van der Waals surface area contributed by atoms with Crippen LogP contribution in [0.3, 0.4) is 0 Å². The van der Waals surface area contributed by atoms with Crippen molar-refractivity contribution in [2.24, 2.45) is 0 Å². The van der Waals surface area contributed by atoms with Crippen molar-refractivity contribution in [1.29, 1.82) is 0 Å². The second kappa shape index (κ2) is 4.02. The molecule has 0 radical (unpaired) electrons. The molecule has 0 bridgehead atoms. The Morgan fingerprint density at radius 2 is 2.06 bits per heavy atom. The van der Waals surface area contributed by atoms with Gasteiger partial charge in [-0.05, 0) is 23.6 Å². The fraction of sp³-hybridized carbons (Fsp3) is 0.0769. The average molecular weight is 229 g/mol. The van der Waals surface area contributed by atoms with E-state index in [0.717, 1.165) is 16.7 Å². The van der Waals surface area contributed by atoms with E-state index in [4.69, 9.17) is 4.74 Å². The Kier molecular flexibility index (Phi) is 2.38. The molecule has 0 spiro atoms. The fourth-order valence-electron chi connectivity index (χ4n) is 1.71. The van der Waals surface area contributed by atoms with E-state index in [9.17, 15) is 0 Å². The molecule has 0 saturated carbocycles. The van der Waals surface area contributed by atoms with Gasteiger partial charge in [0.2, 0.25) is 0 Å². The van der Waals surface area contributed by atoms with Crippen LogP contribution in [0.2, 0.25) is 0 Å². The number of para-hydroxylation sites is 1. The predicted octanol–water partition coefficient (Wildman–Crippen LogP) is 3.81. The summed E-state index contributed by atoms with van der Waals surface area (Å²) in [5.74, 6) is 0.920. The van der Waals surface area contributed by atoms with Crippen LogP contribution in [0.5, 0.6) is 5.75 Å². The zero-order valence-electron chi connectivity index (χ0n) is 8.64. The van der Waals surface area contributed by atoms with E-state index in [0.29, 0.717) is 6.61 Å². The number of hydrogen-bond acceptors (Lipinski definition) is 2. The summed E-state index contributed by atoms with van der Waals surface area (Å²) in [4.78, 5) is 4.44. The summed E-state index contributed by atoms with van der Waals surface area (Å²) in [6.45, 7) is 0.638. The quantitative estimate of drug-likeness (QED) is 0.725. The molecule has 0 saturated heterocycles. The number of aromatic nitrogens is 1. The Morgan fingerprint density at radius 3 is 2.94 bits per heavy atom. The van der Waals surface area contributed by atoms with Crippen molar-refractivity contribution in [2.45, 2.75) is 6.61 Å². The van der Waals surface area contributed by atoms with Crippen LogP contribution >= 0.6 is 11.3 Å². The summed E-state index contributed by atoms with van der Waals surface area (Å²) in [6, 6.07) is 12.3. The van der Waals surface area contributed by atoms with Crippen LogP contribution in [-0.4, -0.2) is 4.98 Å². The number of aromatic amines is 1. The van der Waals surface area contributed by atoms with Crippen LogP contribution in [0.4, 0.5) is 0 Å². The van der Waals surface area contributed by atoms with Gasteiger partial charge < -0.3 is 9.72 Å². The second-order valence-electron chi connectivity index (χ2n) is 3.57. The third-order valence-corrected chi connectivity index (χ3v) is 3.35. The zero-order chi connectivity index (χ0) is 10.8. The average Bonchev–Trinajstić information content (AvgIpc) is 2.96. The van der Waals surface area contributed by atoms with Gasteiger partial charge in [0.25, 0.3) is 0 Å². The molecule has 0 fully saturated rings. The van der Waals surface area contributed by atoms with E-state index >= 15 is 0 Å². The first kappa shape index (κ1) is 9.48. The lowest BCUT2D eigenvalue weighted by Gasteiger charge is -2.02. The Bertz CT molecular complexity index is 583. The Labute approximate surface area is 97.5 Å². The maximum Gasteiger partial charge on any atom is 0.145 e. The highest BCUT2D eigenvalue weighted by Crippen LogP contribution is 2.26. The molecule has 3 rings (SSSR count). The minimum Gasteiger partial charge on any atom is -0.486 e. The van der Waals surface area contributed by atoms with Crippen molar-refractivity contribution >= 4 is 22.2 Å². The molecule has 0 aliphatic carbocycles. The number of benzene rings is 1. The third kappa shape index (κ3) is 1.70. The van der Waals surface area contributed by atoms with Gasteiger partial charge in [0.15, 0.2) is 0 Å². The molecule has 0 amide bonds. The highest BCUT2D eigenvalue weighted by atomic mass is 32.1. The molecular weight excluding hydrogens is 218 g/mol. The predicted molar refractivity (Wildman–Crippen MR) is 66.9 cm³/mol. The van der Waals surface area contributed by atoms with Gasteiger partial charge in [0.1, 0.15) is 12.4 Å². The van der Waals surface area contributed by atoms with Gasteiger partial charge in [-0.15, -0.1) is 11.3 Å². The topological polar surface area (TPSA) is 25.0 Å². The van der Waals surface area contributed by atoms with E-state index in [2.05, 4.69) is 22.5 Å². The molecular formula is C13H11NOS. The van der Waals surface area contributed by atoms with Gasteiger partial charge in [0.05, 0.1) is 0 Å². The van der Waals surface area contributed by atoms with E-state index in [1.54, 1.807) is 11.3 Å². The van der Waals surface area contributed by atoms with Crippen LogP contribution in [0.1, 0.15) is 4.88 Å². The molecule has 0 atom stereocenters. The lowest BCUT2D eigenvalue weighted by atomic mass is 10.2. The molecule has 0 unspecified atom stereocenters. The second-order valence-corrected chi connectivity index (χ2v) is 4.60. The van der Waals surface area contributed by atoms with E-state index in [-0.39, 0.29) is 0 Å². The Balaban J connectivity index is 1.84. The van der Waals surface area contributed by atoms with Gasteiger partial charge in [0, 0.05) is 22.0 Å². The minimum absolute atomic E-state index is 0.638. The van der Waals surface area contributed by atoms with Crippen LogP contribution in [-0.2, 0) is 6.61 Å². The summed E-state index contributed by atoms with van der Waals surface area (Å²) >= 11 is 1.71. The molecule has 2 heterocycles. The number of rotatable bonds is 3. The summed E-state index contributed by atoms with van der Waals surface area (Å²) in [7, 11) is 0. The molecule has 1 aromatic carbocycles. The summed E-state index contributed by atoms with van der Waals surface area (Å²) in [5.41, 5.74) is 1.11. The van der Waals surface area contributed by atoms with Gasteiger partial charge in [-0.3, -0.25) is 0 Å². The molecule has 0 aliphatic heterocycles. The van der Waals surface area contributed by atoms with Crippen LogP contribution in [0, 0.1) is 0 Å². The van der Waals surface area contributed by atoms with E-state index in [1.807, 2.05) is 30.5 Å². The first-order valence-electron chi connectivity index (χ1n) is 5.15. The molecule has 3 aromatic rings. The monoisotopic (exact) mass is 229 g/mol. The lowest BCUT2D eigenvalue weighted by molar-refractivity contribution is 0.313. The molecule has 80 valence electrons. The number of fused-ring (bicyclic) bond motifs is 1. The summed E-state index contributed by atoms with van der Waals surface area (Å²) in [6.07, 6.45) is 1.91. The zero-order valence-corrected chi connectivity index (χ0v) is 9.46. The molecule has 2 aromatic heterocycles. The number of nitrogens with one attached hydrogen (secondary N) is 1. The van der Waals surface area contributed by atoms with Gasteiger partial charge in [-0.1, -0.05) is 18.2 Å². The standard InChI is InChI=1S/C13H11NOS/c1-2-6-12-11(5-1)13(8-14-12)15-9-10-4-3-7-16-10/h1-8,14H,9H2. The minimum atomic E-state index is 0.638. The van der Waals surface area contributed by atoms with Crippen molar-refractivity contribution in [2.75, 3.05) is 0 Å². The molecule has 16 heavy (non-hydrogen) atoms. The van der Waals surface area contributed by atoms with Gasteiger partial charge in [-0.25, -0.2) is 0 Å². The summed E-state index contributed by atoms with van der Waals surface area (Å²) in [5, 5.41) is 3.20. The molecule has 1 N–H and O–H groups in total. The van der Waals surface area contributed by atoms with Crippen LogP contribution in [0.25, 0.3) is 10.9 Å². The molecule has 0 aliphatic rings. The van der Waals surface area contributed by atoms with Crippen LogP contribution < -0.4 is 4.74 Å². The van der Waals surface area contributed by atoms with E-state index in [1.165, 1.54) is 4.88 Å². The van der Waals surface area contributed by atoms with E-state index < -0.39 is 0 Å². The van der Waals surface area contributed by atoms with Gasteiger partial charge in [-0.2, -0.15) is 0 Å². The maximum absolute atomic E-state index is 5.78. The highest BCUT2D eigenvalue weighted by molar-refractivity contribution is 7.09. The third-order valence-electron chi connectivity index (χ3n) is 2.50. The SMILES string of the molecule is c1csc(COc2c[nH]c3ccccc23)c1. The lowest BCUT2D eigenvalue weighted by Crippen LogP contribution is -1.91. The van der Waals surface area contributed by atoms with Crippen molar-refractivity contribution in [3.63, 3.8) is 0 Å². The largest absolute Gasteiger partial charge is 0.486 e. The first-order chi connectivity index (χ1) is 7.93.